The van der Waals surface area contributed by atoms with Crippen LogP contribution in [0.4, 0.5) is 11.5 Å². The normalized spacial score (nSPS) is 17.8. The van der Waals surface area contributed by atoms with Crippen molar-refractivity contribution >= 4 is 17.4 Å². The van der Waals surface area contributed by atoms with Crippen LogP contribution < -0.4 is 16.4 Å². The maximum Gasteiger partial charge on any atom is 0.242 e. The second kappa shape index (κ2) is 6.52. The lowest BCUT2D eigenvalue weighted by Gasteiger charge is -2.23. The molecule has 1 aliphatic rings. The molecule has 0 aliphatic heterocycles. The van der Waals surface area contributed by atoms with Gasteiger partial charge in [0.1, 0.15) is 5.82 Å². The highest BCUT2D eigenvalue weighted by molar-refractivity contribution is 5.93. The van der Waals surface area contributed by atoms with Crippen LogP contribution in [0.1, 0.15) is 39.0 Å². The van der Waals surface area contributed by atoms with Crippen molar-refractivity contribution in [1.29, 1.82) is 0 Å². The van der Waals surface area contributed by atoms with E-state index in [1.165, 1.54) is 32.1 Å². The number of nitrogens with one attached hydrogen (secondary N) is 2. The lowest BCUT2D eigenvalue weighted by molar-refractivity contribution is -0.117. The number of hydrogen-bond donors (Lipinski definition) is 3. The molecule has 1 aromatic rings. The number of hydrogen-bond acceptors (Lipinski definition) is 4. The molecule has 5 nitrogen and oxygen atoms in total. The molecule has 0 bridgehead atoms. The Labute approximate surface area is 114 Å². The van der Waals surface area contributed by atoms with E-state index < -0.39 is 6.04 Å². The molecule has 0 spiro atoms. The Morgan fingerprint density at radius 1 is 1.37 bits per heavy atom. The highest BCUT2D eigenvalue weighted by Gasteiger charge is 2.13. The fourth-order valence-corrected chi connectivity index (χ4v) is 2.28. The number of carbonyl (C=O) groups excluding carboxylic acids is 1. The molecule has 1 atom stereocenters. The second-order valence-electron chi connectivity index (χ2n) is 5.19. The van der Waals surface area contributed by atoms with E-state index >= 15 is 0 Å². The van der Waals surface area contributed by atoms with Crippen molar-refractivity contribution in [3.63, 3.8) is 0 Å². The zero-order chi connectivity index (χ0) is 13.7. The van der Waals surface area contributed by atoms with Crippen LogP contribution in [0, 0.1) is 0 Å². The molecule has 5 heteroatoms. The third-order valence-corrected chi connectivity index (χ3v) is 3.40. The summed E-state index contributed by atoms with van der Waals surface area (Å²) in [5.74, 6) is 0.317. The Hall–Kier alpha value is -1.62. The number of nitrogens with zero attached hydrogens (tertiary/aromatic N) is 1. The van der Waals surface area contributed by atoms with E-state index in [0.717, 1.165) is 5.69 Å². The molecule has 1 aromatic heterocycles. The third-order valence-electron chi connectivity index (χ3n) is 3.40. The fourth-order valence-electron chi connectivity index (χ4n) is 2.28. The number of rotatable bonds is 4. The van der Waals surface area contributed by atoms with E-state index in [2.05, 4.69) is 15.6 Å². The number of nitrogens with two attached hydrogens (primary N) is 1. The molecule has 1 amide bonds. The predicted octanol–water partition coefficient (Wildman–Crippen LogP) is 2.11. The van der Waals surface area contributed by atoms with E-state index in [9.17, 15) is 4.79 Å². The van der Waals surface area contributed by atoms with Gasteiger partial charge in [-0.25, -0.2) is 4.98 Å². The smallest absolute Gasteiger partial charge is 0.242 e. The Kier molecular flexibility index (Phi) is 4.74. The third kappa shape index (κ3) is 4.21. The molecule has 0 radical (unpaired) electrons. The minimum absolute atomic E-state index is 0.222. The van der Waals surface area contributed by atoms with Crippen LogP contribution in [0.15, 0.2) is 18.3 Å². The van der Waals surface area contributed by atoms with E-state index in [0.29, 0.717) is 11.9 Å². The molecular weight excluding hydrogens is 240 g/mol. The minimum Gasteiger partial charge on any atom is -0.381 e. The Bertz CT molecular complexity index is 410. The van der Waals surface area contributed by atoms with Gasteiger partial charge in [-0.15, -0.1) is 0 Å². The highest BCUT2D eigenvalue weighted by atomic mass is 16.2. The first-order valence-electron chi connectivity index (χ1n) is 6.94. The average Bonchev–Trinajstić information content (AvgIpc) is 2.42. The summed E-state index contributed by atoms with van der Waals surface area (Å²) in [6.45, 7) is 1.65. The summed E-state index contributed by atoms with van der Waals surface area (Å²) in [5, 5.41) is 6.15. The van der Waals surface area contributed by atoms with Gasteiger partial charge in [0.25, 0.3) is 0 Å². The van der Waals surface area contributed by atoms with Crippen molar-refractivity contribution in [2.75, 3.05) is 10.6 Å². The van der Waals surface area contributed by atoms with Gasteiger partial charge >= 0.3 is 0 Å². The number of anilines is 2. The minimum atomic E-state index is -0.526. The van der Waals surface area contributed by atoms with Gasteiger partial charge < -0.3 is 16.4 Å². The molecule has 19 heavy (non-hydrogen) atoms. The molecule has 1 saturated carbocycles. The van der Waals surface area contributed by atoms with E-state index in [1.807, 2.05) is 6.07 Å². The van der Waals surface area contributed by atoms with E-state index in [-0.39, 0.29) is 5.91 Å². The van der Waals surface area contributed by atoms with Gasteiger partial charge in [-0.05, 0) is 31.9 Å². The van der Waals surface area contributed by atoms with Crippen LogP contribution in [-0.2, 0) is 4.79 Å². The van der Waals surface area contributed by atoms with Crippen molar-refractivity contribution in [3.8, 4) is 0 Å². The standard InChI is InChI=1S/C14H22N4O/c1-10(15)14(19)18-13-8-7-12(9-16-13)17-11-5-3-2-4-6-11/h7-11,17H,2-6,15H2,1H3,(H,16,18,19). The summed E-state index contributed by atoms with van der Waals surface area (Å²) in [6.07, 6.45) is 8.15. The van der Waals surface area contributed by atoms with E-state index in [1.54, 1.807) is 19.2 Å². The molecule has 2 rings (SSSR count). The largest absolute Gasteiger partial charge is 0.381 e. The van der Waals surface area contributed by atoms with Gasteiger partial charge in [0.05, 0.1) is 17.9 Å². The zero-order valence-electron chi connectivity index (χ0n) is 11.4. The van der Waals surface area contributed by atoms with Gasteiger partial charge in [0.2, 0.25) is 5.91 Å². The summed E-state index contributed by atoms with van der Waals surface area (Å²) >= 11 is 0. The lowest BCUT2D eigenvalue weighted by Crippen LogP contribution is -2.32. The van der Waals surface area contributed by atoms with Crippen molar-refractivity contribution in [3.05, 3.63) is 18.3 Å². The first-order valence-corrected chi connectivity index (χ1v) is 6.94. The molecule has 1 aliphatic carbocycles. The number of aromatic nitrogens is 1. The topological polar surface area (TPSA) is 80.0 Å². The predicted molar refractivity (Wildman–Crippen MR) is 77.0 cm³/mol. The summed E-state index contributed by atoms with van der Waals surface area (Å²) < 4.78 is 0. The highest BCUT2D eigenvalue weighted by Crippen LogP contribution is 2.21. The number of amides is 1. The Morgan fingerprint density at radius 3 is 2.68 bits per heavy atom. The van der Waals surface area contributed by atoms with Gasteiger partial charge in [-0.3, -0.25) is 4.79 Å². The lowest BCUT2D eigenvalue weighted by atomic mass is 9.95. The van der Waals surface area contributed by atoms with Crippen LogP contribution in [-0.4, -0.2) is 23.0 Å². The summed E-state index contributed by atoms with van der Waals surface area (Å²) in [6, 6.07) is 3.77. The zero-order valence-corrected chi connectivity index (χ0v) is 11.4. The molecule has 4 N–H and O–H groups in total. The fraction of sp³-hybridized carbons (Fsp3) is 0.571. The quantitative estimate of drug-likeness (QED) is 0.776. The number of carbonyl (C=O) groups is 1. The molecule has 104 valence electrons. The van der Waals surface area contributed by atoms with Crippen LogP contribution >= 0.6 is 0 Å². The molecule has 0 aromatic carbocycles. The molecule has 1 heterocycles. The average molecular weight is 262 g/mol. The summed E-state index contributed by atoms with van der Waals surface area (Å²) in [7, 11) is 0. The monoisotopic (exact) mass is 262 g/mol. The van der Waals surface area contributed by atoms with Crippen LogP contribution in [0.3, 0.4) is 0 Å². The van der Waals surface area contributed by atoms with Gasteiger partial charge in [-0.2, -0.15) is 0 Å². The van der Waals surface area contributed by atoms with Crippen molar-refractivity contribution < 1.29 is 4.79 Å². The van der Waals surface area contributed by atoms with Crippen LogP contribution in [0.5, 0.6) is 0 Å². The molecule has 1 fully saturated rings. The van der Waals surface area contributed by atoms with Gasteiger partial charge in [-0.1, -0.05) is 19.3 Å². The van der Waals surface area contributed by atoms with Crippen LogP contribution in [0.25, 0.3) is 0 Å². The van der Waals surface area contributed by atoms with Crippen molar-refractivity contribution in [2.24, 2.45) is 5.73 Å². The Balaban J connectivity index is 1.88. The van der Waals surface area contributed by atoms with Gasteiger partial charge in [0, 0.05) is 6.04 Å². The van der Waals surface area contributed by atoms with E-state index in [4.69, 9.17) is 5.73 Å². The van der Waals surface area contributed by atoms with Crippen LogP contribution in [0.2, 0.25) is 0 Å². The molecule has 1 unspecified atom stereocenters. The van der Waals surface area contributed by atoms with Crippen molar-refractivity contribution in [1.82, 2.24) is 4.98 Å². The Morgan fingerprint density at radius 2 is 2.11 bits per heavy atom. The summed E-state index contributed by atoms with van der Waals surface area (Å²) in [4.78, 5) is 15.6. The second-order valence-corrected chi connectivity index (χ2v) is 5.19. The summed E-state index contributed by atoms with van der Waals surface area (Å²) in [5.41, 5.74) is 6.49. The maximum atomic E-state index is 11.4. The number of pyridine rings is 1. The first kappa shape index (κ1) is 13.8. The molecule has 0 saturated heterocycles. The first-order chi connectivity index (χ1) is 9.15. The van der Waals surface area contributed by atoms with Gasteiger partial charge in [0.15, 0.2) is 0 Å². The molecular formula is C14H22N4O. The maximum absolute atomic E-state index is 11.4. The van der Waals surface area contributed by atoms with Crippen molar-refractivity contribution in [2.45, 2.75) is 51.1 Å². The SMILES string of the molecule is CC(N)C(=O)Nc1ccc(NC2CCCCC2)cn1.